The maximum Gasteiger partial charge on any atom is 0.346 e. The van der Waals surface area contributed by atoms with Gasteiger partial charge in [0.2, 0.25) is 9.84 Å². The van der Waals surface area contributed by atoms with E-state index in [9.17, 15) is 13.2 Å². The second-order valence-electron chi connectivity index (χ2n) is 7.50. The fraction of sp³-hybridized carbons (Fsp3) is 0.500. The molecule has 2 aromatic rings. The van der Waals surface area contributed by atoms with Crippen LogP contribution in [-0.4, -0.2) is 46.4 Å². The van der Waals surface area contributed by atoms with Gasteiger partial charge in [0.1, 0.15) is 6.33 Å². The van der Waals surface area contributed by atoms with Crippen LogP contribution in [0.5, 0.6) is 0 Å². The zero-order valence-electron chi connectivity index (χ0n) is 15.0. The number of carbonyl (C=O) groups excluding carboxylic acids is 1. The van der Waals surface area contributed by atoms with Gasteiger partial charge in [-0.25, -0.2) is 18.2 Å². The Bertz CT molecular complexity index is 974. The van der Waals surface area contributed by atoms with Crippen LogP contribution in [0.1, 0.15) is 31.2 Å². The van der Waals surface area contributed by atoms with E-state index in [1.807, 2.05) is 12.1 Å². The van der Waals surface area contributed by atoms with Crippen molar-refractivity contribution in [1.82, 2.24) is 19.7 Å². The molecule has 2 aliphatic rings. The monoisotopic (exact) mass is 408 g/mol. The van der Waals surface area contributed by atoms with Gasteiger partial charge < -0.3 is 4.90 Å². The van der Waals surface area contributed by atoms with Crippen molar-refractivity contribution in [1.29, 1.82) is 0 Å². The van der Waals surface area contributed by atoms with Gasteiger partial charge in [-0.15, -0.1) is 5.10 Å². The van der Waals surface area contributed by atoms with Gasteiger partial charge in [-0.1, -0.05) is 30.2 Å². The fourth-order valence-electron chi connectivity index (χ4n) is 4.32. The summed E-state index contributed by atoms with van der Waals surface area (Å²) in [5.41, 5.74) is 0.869. The molecule has 2 bridgehead atoms. The van der Waals surface area contributed by atoms with Crippen molar-refractivity contribution in [3.63, 3.8) is 0 Å². The number of amides is 1. The summed E-state index contributed by atoms with van der Waals surface area (Å²) in [6.45, 7) is 0.327. The van der Waals surface area contributed by atoms with Gasteiger partial charge in [0.15, 0.2) is 0 Å². The van der Waals surface area contributed by atoms with Crippen LogP contribution in [0.4, 0.5) is 4.79 Å². The molecule has 0 unspecified atom stereocenters. The van der Waals surface area contributed by atoms with E-state index in [2.05, 4.69) is 10.1 Å². The van der Waals surface area contributed by atoms with Gasteiger partial charge in [-0.3, -0.25) is 0 Å². The SMILES string of the molecule is CN(Cc1cccc(Cl)c1)C(=O)n1cnc(S(=O)(=O)[C@@H]2C[C@H]3CC[C@@H]2C3)n1. The van der Waals surface area contributed by atoms with Crippen molar-refractivity contribution in [2.75, 3.05) is 7.05 Å². The van der Waals surface area contributed by atoms with E-state index in [1.165, 1.54) is 11.2 Å². The highest BCUT2D eigenvalue weighted by Gasteiger charge is 2.47. The molecule has 7 nitrogen and oxygen atoms in total. The third-order valence-corrected chi connectivity index (χ3v) is 7.93. The number of carbonyl (C=O) groups is 1. The highest BCUT2D eigenvalue weighted by Crippen LogP contribution is 2.48. The van der Waals surface area contributed by atoms with Gasteiger partial charge in [-0.2, -0.15) is 4.68 Å². The lowest BCUT2D eigenvalue weighted by Gasteiger charge is -2.20. The van der Waals surface area contributed by atoms with Gasteiger partial charge >= 0.3 is 6.03 Å². The van der Waals surface area contributed by atoms with E-state index in [0.717, 1.165) is 29.5 Å². The molecule has 0 spiro atoms. The molecular formula is C18H21ClN4O3S. The summed E-state index contributed by atoms with van der Waals surface area (Å²) in [6.07, 6.45) is 4.91. The fourth-order valence-corrected chi connectivity index (χ4v) is 6.48. The molecule has 0 N–H and O–H groups in total. The number of nitrogens with zero attached hydrogens (tertiary/aromatic N) is 4. The van der Waals surface area contributed by atoms with Crippen LogP contribution in [0.25, 0.3) is 0 Å². The first kappa shape index (κ1) is 18.4. The van der Waals surface area contributed by atoms with Crippen LogP contribution in [-0.2, 0) is 16.4 Å². The third-order valence-electron chi connectivity index (χ3n) is 5.63. The maximum atomic E-state index is 12.9. The molecular weight excluding hydrogens is 388 g/mol. The van der Waals surface area contributed by atoms with Crippen molar-refractivity contribution in [2.24, 2.45) is 11.8 Å². The van der Waals surface area contributed by atoms with E-state index in [4.69, 9.17) is 11.6 Å². The summed E-state index contributed by atoms with van der Waals surface area (Å²) in [5, 5.41) is 3.93. The summed E-state index contributed by atoms with van der Waals surface area (Å²) in [7, 11) is -1.98. The zero-order chi connectivity index (χ0) is 19.2. The first-order chi connectivity index (χ1) is 12.8. The summed E-state index contributed by atoms with van der Waals surface area (Å²) >= 11 is 5.97. The molecule has 1 aromatic heterocycles. The Balaban J connectivity index is 1.49. The van der Waals surface area contributed by atoms with Gasteiger partial charge in [0.05, 0.1) is 5.25 Å². The van der Waals surface area contributed by atoms with Gasteiger partial charge in [-0.05, 0) is 48.8 Å². The smallest absolute Gasteiger partial charge is 0.322 e. The molecule has 9 heteroatoms. The Morgan fingerprint density at radius 3 is 2.81 bits per heavy atom. The molecule has 1 aromatic carbocycles. The largest absolute Gasteiger partial charge is 0.346 e. The van der Waals surface area contributed by atoms with E-state index in [-0.39, 0.29) is 11.1 Å². The number of halogens is 1. The third kappa shape index (κ3) is 3.48. The molecule has 144 valence electrons. The summed E-state index contributed by atoms with van der Waals surface area (Å²) in [4.78, 5) is 18.0. The Morgan fingerprint density at radius 1 is 1.33 bits per heavy atom. The van der Waals surface area contributed by atoms with E-state index in [0.29, 0.717) is 23.9 Å². The number of benzene rings is 1. The molecule has 2 fully saturated rings. The Hall–Kier alpha value is -1.93. The minimum Gasteiger partial charge on any atom is -0.322 e. The molecule has 0 aliphatic heterocycles. The minimum absolute atomic E-state index is 0.202. The molecule has 0 radical (unpaired) electrons. The number of fused-ring (bicyclic) bond motifs is 2. The molecule has 4 rings (SSSR count). The van der Waals surface area contributed by atoms with Crippen molar-refractivity contribution in [2.45, 2.75) is 42.6 Å². The van der Waals surface area contributed by atoms with Crippen molar-refractivity contribution in [3.8, 4) is 0 Å². The average molecular weight is 409 g/mol. The molecule has 3 atom stereocenters. The first-order valence-corrected chi connectivity index (χ1v) is 10.9. The highest BCUT2D eigenvalue weighted by molar-refractivity contribution is 7.91. The number of sulfone groups is 1. The van der Waals surface area contributed by atoms with Crippen molar-refractivity contribution >= 4 is 27.5 Å². The van der Waals surface area contributed by atoms with Crippen molar-refractivity contribution in [3.05, 3.63) is 41.2 Å². The number of aromatic nitrogens is 3. The predicted octanol–water partition coefficient (Wildman–Crippen LogP) is 2.99. The minimum atomic E-state index is -3.60. The van der Waals surface area contributed by atoms with Crippen LogP contribution < -0.4 is 0 Å². The van der Waals surface area contributed by atoms with Crippen LogP contribution in [0.15, 0.2) is 35.7 Å². The number of hydrogen-bond acceptors (Lipinski definition) is 5. The van der Waals surface area contributed by atoms with Gasteiger partial charge in [0, 0.05) is 18.6 Å². The predicted molar refractivity (Wildman–Crippen MR) is 100 cm³/mol. The topological polar surface area (TPSA) is 85.2 Å². The van der Waals surface area contributed by atoms with Crippen molar-refractivity contribution < 1.29 is 13.2 Å². The van der Waals surface area contributed by atoms with E-state index in [1.54, 1.807) is 19.2 Å². The Kier molecular flexibility index (Phi) is 4.71. The Morgan fingerprint density at radius 2 is 2.15 bits per heavy atom. The summed E-state index contributed by atoms with van der Waals surface area (Å²) < 4.78 is 26.8. The standard InChI is InChI=1S/C18H21ClN4O3S/c1-22(10-13-3-2-4-15(19)8-13)18(24)23-11-20-17(21-23)27(25,26)16-9-12-5-6-14(16)7-12/h2-4,8,11-12,14,16H,5-7,9-10H2,1H3/t12-,14+,16+/m0/s1. The second kappa shape index (κ2) is 6.91. The van der Waals surface area contributed by atoms with Crippen LogP contribution in [0.2, 0.25) is 5.02 Å². The average Bonchev–Trinajstić information content (AvgIpc) is 3.37. The van der Waals surface area contributed by atoms with Crippen LogP contribution in [0, 0.1) is 11.8 Å². The molecule has 0 saturated heterocycles. The normalized spacial score (nSPS) is 24.3. The van der Waals surface area contributed by atoms with Crippen LogP contribution in [0.3, 0.4) is 0 Å². The molecule has 2 saturated carbocycles. The maximum absolute atomic E-state index is 12.9. The summed E-state index contributed by atoms with van der Waals surface area (Å²) in [6, 6.07) is 6.76. The lowest BCUT2D eigenvalue weighted by molar-refractivity contribution is 0.205. The summed E-state index contributed by atoms with van der Waals surface area (Å²) in [5.74, 6) is 0.704. The zero-order valence-corrected chi connectivity index (χ0v) is 16.5. The Labute approximate surface area is 163 Å². The first-order valence-electron chi connectivity index (χ1n) is 9.00. The van der Waals surface area contributed by atoms with Gasteiger partial charge in [0.25, 0.3) is 5.16 Å². The molecule has 2 aliphatic carbocycles. The lowest BCUT2D eigenvalue weighted by atomic mass is 10.0. The number of rotatable bonds is 4. The quantitative estimate of drug-likeness (QED) is 0.776. The molecule has 27 heavy (non-hydrogen) atoms. The molecule has 1 amide bonds. The lowest BCUT2D eigenvalue weighted by Crippen LogP contribution is -2.32. The highest BCUT2D eigenvalue weighted by atomic mass is 35.5. The second-order valence-corrected chi connectivity index (χ2v) is 10.00. The van der Waals surface area contributed by atoms with E-state index < -0.39 is 21.1 Å². The number of hydrogen-bond donors (Lipinski definition) is 0. The van der Waals surface area contributed by atoms with Crippen LogP contribution >= 0.6 is 11.6 Å². The van der Waals surface area contributed by atoms with E-state index >= 15 is 0 Å². The molecule has 1 heterocycles.